The van der Waals surface area contributed by atoms with Crippen molar-refractivity contribution in [3.63, 3.8) is 0 Å². The van der Waals surface area contributed by atoms with Crippen molar-refractivity contribution in [2.45, 2.75) is 18.8 Å². The monoisotopic (exact) mass is 547 g/mol. The van der Waals surface area contributed by atoms with Gasteiger partial charge in [0.05, 0.1) is 27.8 Å². The zero-order chi connectivity index (χ0) is 27.0. The molecule has 0 saturated carbocycles. The van der Waals surface area contributed by atoms with Crippen LogP contribution in [0.25, 0.3) is 21.3 Å². The number of carbonyl (C=O) groups excluding carboxylic acids is 2. The number of halogens is 3. The largest absolute Gasteiger partial charge is 0.573 e. The van der Waals surface area contributed by atoms with Crippen LogP contribution in [0.4, 0.5) is 24.3 Å². The predicted molar refractivity (Wildman–Crippen MR) is 137 cm³/mol. The summed E-state index contributed by atoms with van der Waals surface area (Å²) in [6.45, 7) is 1.20. The number of likely N-dealkylation sites (N-methyl/N-ethyl adjacent to an activating group) is 1. The molecule has 1 fully saturated rings. The van der Waals surface area contributed by atoms with Crippen molar-refractivity contribution in [2.75, 3.05) is 32.0 Å². The van der Waals surface area contributed by atoms with Crippen molar-refractivity contribution in [2.24, 2.45) is 7.05 Å². The number of carbonyl (C=O) groups is 2. The second-order valence-corrected chi connectivity index (χ2v) is 9.85. The highest BCUT2D eigenvalue weighted by Gasteiger charge is 2.31. The summed E-state index contributed by atoms with van der Waals surface area (Å²) < 4.78 is 43.8. The number of hydrogen-bond donors (Lipinski definition) is 3. The first kappa shape index (κ1) is 25.7. The lowest BCUT2D eigenvalue weighted by molar-refractivity contribution is -0.274. The highest BCUT2D eigenvalue weighted by molar-refractivity contribution is 7.22. The van der Waals surface area contributed by atoms with E-state index in [9.17, 15) is 22.8 Å². The van der Waals surface area contributed by atoms with Crippen LogP contribution in [0.3, 0.4) is 0 Å². The molecule has 0 radical (unpaired) electrons. The number of anilines is 2. The molecule has 200 valence electrons. The van der Waals surface area contributed by atoms with Gasteiger partial charge in [-0.2, -0.15) is 0 Å². The quantitative estimate of drug-likeness (QED) is 0.325. The van der Waals surface area contributed by atoms with Crippen molar-refractivity contribution in [3.8, 4) is 5.75 Å². The fourth-order valence-corrected chi connectivity index (χ4v) is 5.18. The number of thiazole rings is 1. The van der Waals surface area contributed by atoms with Crippen LogP contribution in [0.15, 0.2) is 36.4 Å². The van der Waals surface area contributed by atoms with E-state index < -0.39 is 6.36 Å². The molecule has 2 amide bonds. The Balaban J connectivity index is 1.27. The van der Waals surface area contributed by atoms with E-state index in [1.165, 1.54) is 18.2 Å². The van der Waals surface area contributed by atoms with Gasteiger partial charge in [-0.05, 0) is 43.8 Å². The lowest BCUT2D eigenvalue weighted by Gasteiger charge is -2.16. The number of nitrogens with one attached hydrogen (secondary N) is 3. The number of aryl methyl sites for hydroxylation is 1. The Kier molecular flexibility index (Phi) is 6.84. The van der Waals surface area contributed by atoms with Crippen molar-refractivity contribution < 1.29 is 27.5 Å². The summed E-state index contributed by atoms with van der Waals surface area (Å²) in [5.74, 6) is -0.396. The summed E-state index contributed by atoms with van der Waals surface area (Å²) in [6, 6.07) is 9.24. The summed E-state index contributed by atoms with van der Waals surface area (Å²) in [5.41, 5.74) is 2.17. The van der Waals surface area contributed by atoms with Crippen LogP contribution in [-0.4, -0.2) is 70.3 Å². The number of aromatic nitrogens is 3. The van der Waals surface area contributed by atoms with Gasteiger partial charge in [-0.1, -0.05) is 11.3 Å². The zero-order valence-corrected chi connectivity index (χ0v) is 21.2. The van der Waals surface area contributed by atoms with E-state index in [2.05, 4.69) is 30.7 Å². The van der Waals surface area contributed by atoms with Gasteiger partial charge in [-0.15, -0.1) is 13.2 Å². The van der Waals surface area contributed by atoms with E-state index in [1.54, 1.807) is 34.7 Å². The number of ether oxygens (including phenoxy) is 1. The van der Waals surface area contributed by atoms with Crippen LogP contribution in [0.1, 0.15) is 16.8 Å². The first-order chi connectivity index (χ1) is 18.1. The van der Waals surface area contributed by atoms with Gasteiger partial charge in [0.25, 0.3) is 5.91 Å². The number of benzene rings is 2. The Labute approximate surface area is 218 Å². The van der Waals surface area contributed by atoms with Crippen LogP contribution in [0.2, 0.25) is 0 Å². The molecule has 0 aliphatic carbocycles. The minimum atomic E-state index is -4.78. The van der Waals surface area contributed by atoms with Crippen molar-refractivity contribution >= 4 is 55.5 Å². The van der Waals surface area contributed by atoms with E-state index in [-0.39, 0.29) is 30.2 Å². The maximum atomic E-state index is 12.7. The molecular formula is C24H24F3N7O3S. The first-order valence-corrected chi connectivity index (χ1v) is 12.5. The lowest BCUT2D eigenvalue weighted by atomic mass is 10.2. The Bertz CT molecular complexity index is 1520. The van der Waals surface area contributed by atoms with Gasteiger partial charge in [0.15, 0.2) is 5.13 Å². The third-order valence-electron chi connectivity index (χ3n) is 6.30. The van der Waals surface area contributed by atoms with Gasteiger partial charge < -0.3 is 30.2 Å². The minimum absolute atomic E-state index is 0.0876. The molecule has 5 rings (SSSR count). The van der Waals surface area contributed by atoms with Gasteiger partial charge in [0.1, 0.15) is 5.75 Å². The maximum absolute atomic E-state index is 12.7. The highest BCUT2D eigenvalue weighted by Crippen LogP contribution is 2.33. The number of nitrogens with zero attached hydrogens (tertiary/aromatic N) is 4. The highest BCUT2D eigenvalue weighted by atomic mass is 32.1. The SMILES string of the molecule is CN[C@H]1CCN(C(=O)CNC(=O)c2ccc3c(c2)nc(Nc2nc4ccc(OC(F)(F)F)cc4s2)n3C)C1. The topological polar surface area (TPSA) is 113 Å². The van der Waals surface area contributed by atoms with Crippen molar-refractivity contribution in [3.05, 3.63) is 42.0 Å². The fourth-order valence-electron chi connectivity index (χ4n) is 4.30. The second kappa shape index (κ2) is 10.1. The van der Waals surface area contributed by atoms with Crippen LogP contribution in [-0.2, 0) is 11.8 Å². The predicted octanol–water partition coefficient (Wildman–Crippen LogP) is 3.38. The lowest BCUT2D eigenvalue weighted by Crippen LogP contribution is -2.40. The summed E-state index contributed by atoms with van der Waals surface area (Å²) >= 11 is 1.15. The van der Waals surface area contributed by atoms with Crippen molar-refractivity contribution in [1.82, 2.24) is 30.1 Å². The Morgan fingerprint density at radius 1 is 1.16 bits per heavy atom. The Hall–Kier alpha value is -3.91. The average molecular weight is 548 g/mol. The molecule has 0 spiro atoms. The van der Waals surface area contributed by atoms with Gasteiger partial charge in [0.2, 0.25) is 11.9 Å². The average Bonchev–Trinajstić information content (AvgIpc) is 3.58. The van der Waals surface area contributed by atoms with E-state index in [4.69, 9.17) is 0 Å². The molecule has 2 aromatic heterocycles. The molecule has 4 aromatic rings. The molecule has 1 saturated heterocycles. The smallest absolute Gasteiger partial charge is 0.406 e. The van der Waals surface area contributed by atoms with Gasteiger partial charge >= 0.3 is 6.36 Å². The molecule has 3 heterocycles. The van der Waals surface area contributed by atoms with E-state index in [0.717, 1.165) is 23.3 Å². The maximum Gasteiger partial charge on any atom is 0.573 e. The molecule has 0 bridgehead atoms. The molecule has 0 unspecified atom stereocenters. The van der Waals surface area contributed by atoms with Gasteiger partial charge in [-0.25, -0.2) is 9.97 Å². The Morgan fingerprint density at radius 3 is 2.71 bits per heavy atom. The first-order valence-electron chi connectivity index (χ1n) is 11.7. The van der Waals surface area contributed by atoms with Gasteiger partial charge in [-0.3, -0.25) is 9.59 Å². The number of imidazole rings is 1. The number of fused-ring (bicyclic) bond motifs is 2. The third kappa shape index (κ3) is 5.50. The summed E-state index contributed by atoms with van der Waals surface area (Å²) in [7, 11) is 3.65. The standard InChI is InChI=1S/C24H24F3N7O3S/c1-28-14-7-8-34(12-14)20(35)11-29-21(36)13-3-6-18-17(9-13)30-22(33(18)2)32-23-31-16-5-4-15(10-19(16)38-23)37-24(25,26)27/h3-6,9-10,14,28H,7-8,11-12H2,1-2H3,(H,29,36)(H,30,31,32)/t14-/m0/s1. The molecule has 3 N–H and O–H groups in total. The third-order valence-corrected chi connectivity index (χ3v) is 7.24. The molecule has 38 heavy (non-hydrogen) atoms. The second-order valence-electron chi connectivity index (χ2n) is 8.82. The van der Waals surface area contributed by atoms with Crippen LogP contribution in [0.5, 0.6) is 5.75 Å². The van der Waals surface area contributed by atoms with E-state index in [0.29, 0.717) is 45.5 Å². The summed E-state index contributed by atoms with van der Waals surface area (Å²) in [4.78, 5) is 35.8. The molecule has 1 aliphatic rings. The molecule has 14 heteroatoms. The molecule has 2 aromatic carbocycles. The fraction of sp³-hybridized carbons (Fsp3) is 0.333. The van der Waals surface area contributed by atoms with Crippen LogP contribution >= 0.6 is 11.3 Å². The minimum Gasteiger partial charge on any atom is -0.406 e. The number of likely N-dealkylation sites (tertiary alicyclic amines) is 1. The number of rotatable bonds is 7. The number of alkyl halides is 3. The van der Waals surface area contributed by atoms with Gasteiger partial charge in [0, 0.05) is 37.8 Å². The van der Waals surface area contributed by atoms with Crippen LogP contribution < -0.4 is 20.7 Å². The summed E-state index contributed by atoms with van der Waals surface area (Å²) in [5, 5.41) is 9.35. The Morgan fingerprint density at radius 2 is 1.97 bits per heavy atom. The van der Waals surface area contributed by atoms with Crippen molar-refractivity contribution in [1.29, 1.82) is 0 Å². The molecule has 1 aliphatic heterocycles. The number of hydrogen-bond acceptors (Lipinski definition) is 8. The van der Waals surface area contributed by atoms with E-state index >= 15 is 0 Å². The molecule has 1 atom stereocenters. The normalized spacial score (nSPS) is 15.8. The molecular weight excluding hydrogens is 523 g/mol. The van der Waals surface area contributed by atoms with E-state index in [1.807, 2.05) is 7.05 Å². The zero-order valence-electron chi connectivity index (χ0n) is 20.4. The number of amides is 2. The molecule has 10 nitrogen and oxygen atoms in total. The van der Waals surface area contributed by atoms with Crippen LogP contribution in [0, 0.1) is 0 Å². The summed E-state index contributed by atoms with van der Waals surface area (Å²) in [6.07, 6.45) is -3.89.